The summed E-state index contributed by atoms with van der Waals surface area (Å²) in [5.41, 5.74) is 0. The smallest absolute Gasteiger partial charge is 0.322 e. The lowest BCUT2D eigenvalue weighted by molar-refractivity contribution is -0.137. The number of allylic oxidation sites excluding steroid dienone is 2. The van der Waals surface area contributed by atoms with Gasteiger partial charge < -0.3 is 10.4 Å². The monoisotopic (exact) mass is 283 g/mol. The van der Waals surface area contributed by atoms with Crippen LogP contribution in [0, 0.1) is 0 Å². The van der Waals surface area contributed by atoms with E-state index in [4.69, 9.17) is 5.11 Å². The number of nitrogens with one attached hydrogen (secondary N) is 1. The van der Waals surface area contributed by atoms with Gasteiger partial charge in [0.05, 0.1) is 0 Å². The summed E-state index contributed by atoms with van der Waals surface area (Å²) in [6.45, 7) is 1.93. The van der Waals surface area contributed by atoms with E-state index in [1.165, 1.54) is 32.1 Å². The molecule has 0 unspecified atom stereocenters. The first-order valence-electron chi connectivity index (χ1n) is 7.80. The number of aliphatic carboxylic acids is 1. The number of carbonyl (C=O) groups is 2. The zero-order valence-corrected chi connectivity index (χ0v) is 12.7. The first-order chi connectivity index (χ1) is 9.66. The van der Waals surface area contributed by atoms with E-state index in [9.17, 15) is 9.59 Å². The van der Waals surface area contributed by atoms with Crippen LogP contribution in [0.4, 0.5) is 0 Å². The zero-order valence-electron chi connectivity index (χ0n) is 12.7. The van der Waals surface area contributed by atoms with Crippen molar-refractivity contribution in [1.82, 2.24) is 5.32 Å². The van der Waals surface area contributed by atoms with Gasteiger partial charge in [0.15, 0.2) is 0 Å². The molecule has 0 fully saturated rings. The number of hydrogen-bond acceptors (Lipinski definition) is 2. The quantitative estimate of drug-likeness (QED) is 0.400. The molecule has 0 bridgehead atoms. The second-order valence-electron chi connectivity index (χ2n) is 5.09. The van der Waals surface area contributed by atoms with Crippen LogP contribution in [0.2, 0.25) is 0 Å². The van der Waals surface area contributed by atoms with Crippen molar-refractivity contribution in [2.75, 3.05) is 6.54 Å². The maximum Gasteiger partial charge on any atom is 0.322 e. The molecular weight excluding hydrogens is 254 g/mol. The van der Waals surface area contributed by atoms with E-state index >= 15 is 0 Å². The Labute approximate surface area is 122 Å². The average Bonchev–Trinajstić information content (AvgIpc) is 2.42. The van der Waals surface area contributed by atoms with Crippen LogP contribution < -0.4 is 5.32 Å². The van der Waals surface area contributed by atoms with Gasteiger partial charge in [0.1, 0.15) is 6.54 Å². The van der Waals surface area contributed by atoms with E-state index < -0.39 is 5.97 Å². The van der Waals surface area contributed by atoms with Crippen molar-refractivity contribution >= 4 is 11.9 Å². The lowest BCUT2D eigenvalue weighted by atomic mass is 10.1. The highest BCUT2D eigenvalue weighted by Crippen LogP contribution is 2.08. The second-order valence-corrected chi connectivity index (χ2v) is 5.09. The molecule has 0 heterocycles. The van der Waals surface area contributed by atoms with Crippen molar-refractivity contribution in [3.05, 3.63) is 12.2 Å². The van der Waals surface area contributed by atoms with Crippen LogP contribution in [0.15, 0.2) is 12.2 Å². The van der Waals surface area contributed by atoms with Crippen molar-refractivity contribution in [3.63, 3.8) is 0 Å². The molecule has 4 heteroatoms. The van der Waals surface area contributed by atoms with Crippen molar-refractivity contribution in [3.8, 4) is 0 Å². The number of carboxylic acid groups (broad SMARTS) is 1. The fourth-order valence-electron chi connectivity index (χ4n) is 1.90. The van der Waals surface area contributed by atoms with Crippen LogP contribution in [-0.2, 0) is 9.59 Å². The number of hydrogen-bond donors (Lipinski definition) is 2. The van der Waals surface area contributed by atoms with Crippen LogP contribution in [-0.4, -0.2) is 23.5 Å². The molecule has 0 aromatic carbocycles. The van der Waals surface area contributed by atoms with Gasteiger partial charge in [-0.25, -0.2) is 0 Å². The van der Waals surface area contributed by atoms with E-state index in [0.29, 0.717) is 6.42 Å². The largest absolute Gasteiger partial charge is 0.480 e. The first-order valence-corrected chi connectivity index (χ1v) is 7.80. The summed E-state index contributed by atoms with van der Waals surface area (Å²) in [4.78, 5) is 21.5. The van der Waals surface area contributed by atoms with Crippen LogP contribution in [0.5, 0.6) is 0 Å². The molecule has 0 radical (unpaired) electrons. The summed E-state index contributed by atoms with van der Waals surface area (Å²) in [5, 5.41) is 10.8. The number of carboxylic acids is 1. The van der Waals surface area contributed by atoms with Gasteiger partial charge in [-0.05, 0) is 25.7 Å². The summed E-state index contributed by atoms with van der Waals surface area (Å²) in [6.07, 6.45) is 15.3. The SMILES string of the molecule is CCCC/C=C\CCCCCCCC(=O)NCC(=O)O. The Morgan fingerprint density at radius 3 is 2.20 bits per heavy atom. The molecular formula is C16H29NO3. The van der Waals surface area contributed by atoms with Crippen molar-refractivity contribution in [2.45, 2.75) is 71.1 Å². The molecule has 0 spiro atoms. The van der Waals surface area contributed by atoms with Crippen molar-refractivity contribution < 1.29 is 14.7 Å². The van der Waals surface area contributed by atoms with Crippen LogP contribution in [0.3, 0.4) is 0 Å². The average molecular weight is 283 g/mol. The maximum absolute atomic E-state index is 11.2. The van der Waals surface area contributed by atoms with Gasteiger partial charge in [-0.3, -0.25) is 9.59 Å². The fourth-order valence-corrected chi connectivity index (χ4v) is 1.90. The molecule has 0 saturated carbocycles. The Morgan fingerprint density at radius 2 is 1.55 bits per heavy atom. The van der Waals surface area contributed by atoms with E-state index in [0.717, 1.165) is 25.7 Å². The zero-order chi connectivity index (χ0) is 15.1. The highest BCUT2D eigenvalue weighted by molar-refractivity contribution is 5.80. The molecule has 4 nitrogen and oxygen atoms in total. The van der Waals surface area contributed by atoms with Gasteiger partial charge in [0, 0.05) is 6.42 Å². The highest BCUT2D eigenvalue weighted by atomic mass is 16.4. The van der Waals surface area contributed by atoms with Crippen molar-refractivity contribution in [1.29, 1.82) is 0 Å². The molecule has 0 aliphatic heterocycles. The van der Waals surface area contributed by atoms with Gasteiger partial charge in [-0.15, -0.1) is 0 Å². The van der Waals surface area contributed by atoms with E-state index in [-0.39, 0.29) is 12.5 Å². The molecule has 116 valence electrons. The Hall–Kier alpha value is -1.32. The second kappa shape index (κ2) is 14.1. The number of amides is 1. The number of rotatable bonds is 13. The normalized spacial score (nSPS) is 10.8. The lowest BCUT2D eigenvalue weighted by Crippen LogP contribution is -2.28. The van der Waals surface area contributed by atoms with Crippen LogP contribution >= 0.6 is 0 Å². The minimum atomic E-state index is -0.995. The molecule has 2 N–H and O–H groups in total. The summed E-state index contributed by atoms with van der Waals surface area (Å²) in [6, 6.07) is 0. The summed E-state index contributed by atoms with van der Waals surface area (Å²) in [5.74, 6) is -1.16. The lowest BCUT2D eigenvalue weighted by Gasteiger charge is -2.02. The van der Waals surface area contributed by atoms with Crippen molar-refractivity contribution in [2.24, 2.45) is 0 Å². The third-order valence-electron chi connectivity index (χ3n) is 3.10. The van der Waals surface area contributed by atoms with Crippen LogP contribution in [0.1, 0.15) is 71.1 Å². The minimum absolute atomic E-state index is 0.161. The third kappa shape index (κ3) is 14.7. The third-order valence-corrected chi connectivity index (χ3v) is 3.10. The Bertz CT molecular complexity index is 287. The molecule has 0 aliphatic rings. The summed E-state index contributed by atoms with van der Waals surface area (Å²) >= 11 is 0. The summed E-state index contributed by atoms with van der Waals surface area (Å²) < 4.78 is 0. The molecule has 0 atom stereocenters. The molecule has 20 heavy (non-hydrogen) atoms. The highest BCUT2D eigenvalue weighted by Gasteiger charge is 2.02. The topological polar surface area (TPSA) is 66.4 Å². The predicted octanol–water partition coefficient (Wildman–Crippen LogP) is 3.66. The van der Waals surface area contributed by atoms with Gasteiger partial charge >= 0.3 is 5.97 Å². The summed E-state index contributed by atoms with van der Waals surface area (Å²) in [7, 11) is 0. The van der Waals surface area contributed by atoms with E-state index in [1.807, 2.05) is 0 Å². The minimum Gasteiger partial charge on any atom is -0.480 e. The maximum atomic E-state index is 11.2. The molecule has 0 aliphatic carbocycles. The molecule has 1 amide bonds. The van der Waals surface area contributed by atoms with E-state index in [2.05, 4.69) is 24.4 Å². The Kier molecular flexibility index (Phi) is 13.2. The number of unbranched alkanes of at least 4 members (excludes halogenated alkanes) is 7. The fraction of sp³-hybridized carbons (Fsp3) is 0.750. The molecule has 0 saturated heterocycles. The number of carbonyl (C=O) groups excluding carboxylic acids is 1. The van der Waals surface area contributed by atoms with E-state index in [1.54, 1.807) is 0 Å². The molecule has 0 rings (SSSR count). The van der Waals surface area contributed by atoms with Gasteiger partial charge in [0.2, 0.25) is 5.91 Å². The first kappa shape index (κ1) is 18.7. The molecule has 0 aromatic heterocycles. The van der Waals surface area contributed by atoms with Crippen LogP contribution in [0.25, 0.3) is 0 Å². The van der Waals surface area contributed by atoms with Gasteiger partial charge in [0.25, 0.3) is 0 Å². The predicted molar refractivity (Wildman–Crippen MR) is 81.6 cm³/mol. The Morgan fingerprint density at radius 1 is 0.950 bits per heavy atom. The van der Waals surface area contributed by atoms with Gasteiger partial charge in [-0.2, -0.15) is 0 Å². The Balaban J connectivity index is 3.22. The van der Waals surface area contributed by atoms with Gasteiger partial charge in [-0.1, -0.05) is 51.2 Å². The standard InChI is InChI=1S/C16H29NO3/c1-2-3-4-5-6-7-8-9-10-11-12-13-15(18)17-14-16(19)20/h5-6H,2-4,7-14H2,1H3,(H,17,18)(H,19,20)/b6-5-. The molecule has 0 aromatic rings.